The van der Waals surface area contributed by atoms with E-state index in [1.165, 1.54) is 12.1 Å². The molecule has 1 aromatic rings. The van der Waals surface area contributed by atoms with E-state index in [1.54, 1.807) is 0 Å². The van der Waals surface area contributed by atoms with Gasteiger partial charge in [0.05, 0.1) is 0 Å². The Kier molecular flexibility index (Phi) is 5.01. The molecule has 6 heteroatoms. The molecule has 0 spiro atoms. The predicted octanol–water partition coefficient (Wildman–Crippen LogP) is 1.87. The van der Waals surface area contributed by atoms with Crippen molar-refractivity contribution in [3.8, 4) is 0 Å². The monoisotopic (exact) mass is 285 g/mol. The Morgan fingerprint density at radius 1 is 1.32 bits per heavy atom. The van der Waals surface area contributed by atoms with Crippen LogP contribution in [0, 0.1) is 11.6 Å². The second-order valence-corrected chi connectivity index (χ2v) is 5.55. The van der Waals surface area contributed by atoms with Crippen LogP contribution in [0.15, 0.2) is 23.2 Å². The average molecular weight is 285 g/mol. The highest BCUT2D eigenvalue weighted by Gasteiger charge is 2.12. The summed E-state index contributed by atoms with van der Waals surface area (Å²) < 4.78 is 26.1. The number of rotatable bonds is 3. The maximum absolute atomic E-state index is 13.4. The van der Waals surface area contributed by atoms with Gasteiger partial charge >= 0.3 is 0 Å². The number of hydrogen-bond acceptors (Lipinski definition) is 2. The fraction of sp³-hybridized carbons (Fsp3) is 0.462. The molecule has 19 heavy (non-hydrogen) atoms. The summed E-state index contributed by atoms with van der Waals surface area (Å²) in [6.45, 7) is 2.23. The minimum atomic E-state index is -0.560. The molecule has 1 heterocycles. The molecule has 0 bridgehead atoms. The third-order valence-corrected chi connectivity index (χ3v) is 3.95. The molecule has 0 atom stereocenters. The number of halogens is 2. The lowest BCUT2D eigenvalue weighted by molar-refractivity contribution is 0.456. The molecule has 0 amide bonds. The number of guanidine groups is 1. The lowest BCUT2D eigenvalue weighted by Crippen LogP contribution is -2.42. The Hall–Kier alpha value is -1.30. The molecule has 1 fully saturated rings. The summed E-state index contributed by atoms with van der Waals surface area (Å²) in [4.78, 5) is 6.30. The van der Waals surface area contributed by atoms with Gasteiger partial charge in [-0.2, -0.15) is 11.8 Å². The van der Waals surface area contributed by atoms with Crippen LogP contribution in [-0.4, -0.2) is 42.0 Å². The molecule has 104 valence electrons. The summed E-state index contributed by atoms with van der Waals surface area (Å²) in [5.74, 6) is 1.55. The highest BCUT2D eigenvalue weighted by Crippen LogP contribution is 2.11. The first-order valence-corrected chi connectivity index (χ1v) is 7.39. The van der Waals surface area contributed by atoms with E-state index in [1.807, 2.05) is 16.7 Å². The van der Waals surface area contributed by atoms with Crippen molar-refractivity contribution in [2.24, 2.45) is 10.7 Å². The first-order chi connectivity index (χ1) is 9.16. The van der Waals surface area contributed by atoms with E-state index in [-0.39, 0.29) is 0 Å². The van der Waals surface area contributed by atoms with E-state index >= 15 is 0 Å². The van der Waals surface area contributed by atoms with Gasteiger partial charge in [-0.3, -0.25) is 4.99 Å². The summed E-state index contributed by atoms with van der Waals surface area (Å²) in [6, 6.07) is 3.60. The SMILES string of the molecule is NC(=NCCc1ccc(F)cc1F)N1CCSCC1. The highest BCUT2D eigenvalue weighted by atomic mass is 32.2. The van der Waals surface area contributed by atoms with E-state index in [2.05, 4.69) is 4.99 Å². The molecule has 2 rings (SSSR count). The summed E-state index contributed by atoms with van der Waals surface area (Å²) in [6.07, 6.45) is 0.426. The lowest BCUT2D eigenvalue weighted by atomic mass is 10.1. The van der Waals surface area contributed by atoms with E-state index in [9.17, 15) is 8.78 Å². The summed E-state index contributed by atoms with van der Waals surface area (Å²) in [5.41, 5.74) is 6.35. The zero-order chi connectivity index (χ0) is 13.7. The van der Waals surface area contributed by atoms with Crippen molar-refractivity contribution in [1.82, 2.24) is 4.90 Å². The van der Waals surface area contributed by atoms with Gasteiger partial charge in [-0.05, 0) is 18.1 Å². The third-order valence-electron chi connectivity index (χ3n) is 3.01. The Labute approximate surface area is 115 Å². The molecule has 0 radical (unpaired) electrons. The standard InChI is InChI=1S/C13H17F2N3S/c14-11-2-1-10(12(15)9-11)3-4-17-13(16)18-5-7-19-8-6-18/h1-2,9H,3-8H2,(H2,16,17). The van der Waals surface area contributed by atoms with Gasteiger partial charge in [-0.15, -0.1) is 0 Å². The second kappa shape index (κ2) is 6.75. The van der Waals surface area contributed by atoms with Crippen LogP contribution in [-0.2, 0) is 6.42 Å². The van der Waals surface area contributed by atoms with Crippen molar-refractivity contribution >= 4 is 17.7 Å². The molecule has 0 unspecified atom stereocenters. The van der Waals surface area contributed by atoms with E-state index in [0.29, 0.717) is 24.5 Å². The Balaban J connectivity index is 1.87. The molecule has 1 aliphatic rings. The van der Waals surface area contributed by atoms with Crippen LogP contribution in [0.4, 0.5) is 8.78 Å². The number of nitrogens with two attached hydrogens (primary N) is 1. The minimum absolute atomic E-state index is 0.415. The van der Waals surface area contributed by atoms with Crippen molar-refractivity contribution in [1.29, 1.82) is 0 Å². The molecule has 0 saturated carbocycles. The smallest absolute Gasteiger partial charge is 0.191 e. The van der Waals surface area contributed by atoms with E-state index in [0.717, 1.165) is 30.7 Å². The van der Waals surface area contributed by atoms with Gasteiger partial charge in [0.2, 0.25) is 0 Å². The minimum Gasteiger partial charge on any atom is -0.370 e. The second-order valence-electron chi connectivity index (χ2n) is 4.33. The topological polar surface area (TPSA) is 41.6 Å². The molecular weight excluding hydrogens is 268 g/mol. The maximum atomic E-state index is 13.4. The van der Waals surface area contributed by atoms with E-state index in [4.69, 9.17) is 5.73 Å². The summed E-state index contributed by atoms with van der Waals surface area (Å²) in [7, 11) is 0. The van der Waals surface area contributed by atoms with Gasteiger partial charge in [-0.1, -0.05) is 6.07 Å². The average Bonchev–Trinajstić information content (AvgIpc) is 2.42. The Bertz CT molecular complexity index is 459. The number of aliphatic imine (C=N–C) groups is 1. The first kappa shape index (κ1) is 14.1. The van der Waals surface area contributed by atoms with Gasteiger partial charge in [0.15, 0.2) is 5.96 Å². The quantitative estimate of drug-likeness (QED) is 0.681. The Morgan fingerprint density at radius 2 is 2.05 bits per heavy atom. The largest absolute Gasteiger partial charge is 0.370 e. The summed E-state index contributed by atoms with van der Waals surface area (Å²) >= 11 is 1.90. The van der Waals surface area contributed by atoms with Gasteiger partial charge in [-0.25, -0.2) is 8.78 Å². The fourth-order valence-corrected chi connectivity index (χ4v) is 2.81. The van der Waals surface area contributed by atoms with Gasteiger partial charge in [0.25, 0.3) is 0 Å². The Morgan fingerprint density at radius 3 is 2.74 bits per heavy atom. The molecular formula is C13H17F2N3S. The van der Waals surface area contributed by atoms with Gasteiger partial charge < -0.3 is 10.6 Å². The van der Waals surface area contributed by atoms with Crippen LogP contribution in [0.2, 0.25) is 0 Å². The number of benzene rings is 1. The van der Waals surface area contributed by atoms with Crippen LogP contribution in [0.3, 0.4) is 0 Å². The van der Waals surface area contributed by atoms with Crippen LogP contribution in [0.1, 0.15) is 5.56 Å². The molecule has 2 N–H and O–H groups in total. The third kappa shape index (κ3) is 4.09. The van der Waals surface area contributed by atoms with Crippen LogP contribution < -0.4 is 5.73 Å². The predicted molar refractivity (Wildman–Crippen MR) is 75.4 cm³/mol. The van der Waals surface area contributed by atoms with Crippen molar-refractivity contribution < 1.29 is 8.78 Å². The molecule has 1 aliphatic heterocycles. The van der Waals surface area contributed by atoms with E-state index < -0.39 is 11.6 Å². The lowest BCUT2D eigenvalue weighted by Gasteiger charge is -2.27. The molecule has 3 nitrogen and oxygen atoms in total. The molecule has 1 saturated heterocycles. The fourth-order valence-electron chi connectivity index (χ4n) is 1.91. The molecule has 1 aromatic carbocycles. The molecule has 0 aliphatic carbocycles. The van der Waals surface area contributed by atoms with Crippen molar-refractivity contribution in [3.05, 3.63) is 35.4 Å². The first-order valence-electron chi connectivity index (χ1n) is 6.23. The maximum Gasteiger partial charge on any atom is 0.191 e. The van der Waals surface area contributed by atoms with Gasteiger partial charge in [0, 0.05) is 37.2 Å². The van der Waals surface area contributed by atoms with Crippen molar-refractivity contribution in [2.75, 3.05) is 31.1 Å². The molecule has 0 aromatic heterocycles. The zero-order valence-electron chi connectivity index (χ0n) is 10.6. The van der Waals surface area contributed by atoms with Crippen LogP contribution >= 0.6 is 11.8 Å². The number of thioether (sulfide) groups is 1. The van der Waals surface area contributed by atoms with Crippen LogP contribution in [0.5, 0.6) is 0 Å². The van der Waals surface area contributed by atoms with Crippen molar-refractivity contribution in [2.45, 2.75) is 6.42 Å². The van der Waals surface area contributed by atoms with Crippen LogP contribution in [0.25, 0.3) is 0 Å². The van der Waals surface area contributed by atoms with Gasteiger partial charge in [0.1, 0.15) is 11.6 Å². The highest BCUT2D eigenvalue weighted by molar-refractivity contribution is 7.99. The van der Waals surface area contributed by atoms with Crippen molar-refractivity contribution in [3.63, 3.8) is 0 Å². The number of nitrogens with zero attached hydrogens (tertiary/aromatic N) is 2. The number of hydrogen-bond donors (Lipinski definition) is 1. The zero-order valence-corrected chi connectivity index (χ0v) is 11.4. The summed E-state index contributed by atoms with van der Waals surface area (Å²) in [5, 5.41) is 0. The normalized spacial score (nSPS) is 16.7.